The van der Waals surface area contributed by atoms with Gasteiger partial charge in [-0.15, -0.1) is 0 Å². The van der Waals surface area contributed by atoms with Crippen molar-refractivity contribution >= 4 is 11.9 Å². The number of nitrogens with one attached hydrogen (secondary N) is 2. The number of halogens is 3. The van der Waals surface area contributed by atoms with E-state index in [0.717, 1.165) is 12.1 Å². The third-order valence-corrected chi connectivity index (χ3v) is 3.49. The topological polar surface area (TPSA) is 72.0 Å². The molecule has 1 atom stereocenters. The highest BCUT2D eigenvalue weighted by Gasteiger charge is 2.30. The minimum Gasteiger partial charge on any atom is -0.489 e. The number of ether oxygens (including phenoxy) is 2. The Morgan fingerprint density at radius 1 is 1.31 bits per heavy atom. The predicted molar refractivity (Wildman–Crippen MR) is 92.1 cm³/mol. The first-order valence-electron chi connectivity index (χ1n) is 8.15. The van der Waals surface area contributed by atoms with Gasteiger partial charge in [0.1, 0.15) is 11.9 Å². The van der Waals surface area contributed by atoms with E-state index in [1.165, 1.54) is 19.2 Å². The molecule has 0 aromatic heterocycles. The highest BCUT2D eigenvalue weighted by Crippen LogP contribution is 2.31. The number of nitrogens with zero attached hydrogens (tertiary/aromatic N) is 1. The molecular formula is C17H24F3N3O3. The summed E-state index contributed by atoms with van der Waals surface area (Å²) in [6.45, 7) is 2.55. The average molecular weight is 375 g/mol. The summed E-state index contributed by atoms with van der Waals surface area (Å²) in [6, 6.07) is 4.78. The first-order chi connectivity index (χ1) is 12.3. The minimum atomic E-state index is -4.41. The molecule has 0 saturated carbocycles. The molecule has 26 heavy (non-hydrogen) atoms. The minimum absolute atomic E-state index is 0.155. The molecule has 0 amide bonds. The fraction of sp³-hybridized carbons (Fsp3) is 0.529. The summed E-state index contributed by atoms with van der Waals surface area (Å²) < 4.78 is 48.5. The number of alkyl halides is 3. The van der Waals surface area contributed by atoms with Gasteiger partial charge in [-0.2, -0.15) is 13.2 Å². The molecule has 1 aromatic rings. The van der Waals surface area contributed by atoms with Crippen LogP contribution in [0.25, 0.3) is 0 Å². The van der Waals surface area contributed by atoms with Crippen molar-refractivity contribution in [3.05, 3.63) is 29.8 Å². The maximum Gasteiger partial charge on any atom is 0.416 e. The second kappa shape index (κ2) is 10.5. The lowest BCUT2D eigenvalue weighted by molar-refractivity contribution is -0.140. The molecule has 0 saturated heterocycles. The Bertz CT molecular complexity index is 606. The van der Waals surface area contributed by atoms with Crippen LogP contribution >= 0.6 is 0 Å². The van der Waals surface area contributed by atoms with Crippen LogP contribution in [0, 0.1) is 0 Å². The molecule has 9 heteroatoms. The fourth-order valence-corrected chi connectivity index (χ4v) is 2.02. The number of guanidine groups is 1. The largest absolute Gasteiger partial charge is 0.489 e. The number of aliphatic imine (C=N–C) groups is 1. The molecule has 0 aliphatic carbocycles. The molecular weight excluding hydrogens is 351 g/mol. The van der Waals surface area contributed by atoms with Crippen LogP contribution in [0.1, 0.15) is 25.3 Å². The van der Waals surface area contributed by atoms with Gasteiger partial charge in [0.05, 0.1) is 25.6 Å². The molecule has 0 heterocycles. The summed E-state index contributed by atoms with van der Waals surface area (Å²) in [7, 11) is 2.88. The summed E-state index contributed by atoms with van der Waals surface area (Å²) >= 11 is 0. The lowest BCUT2D eigenvalue weighted by Gasteiger charge is -2.20. The Morgan fingerprint density at radius 3 is 2.62 bits per heavy atom. The molecule has 146 valence electrons. The Balaban J connectivity index is 2.55. The molecule has 0 spiro atoms. The Hall–Kier alpha value is -2.45. The number of esters is 1. The number of methoxy groups -OCH3 is 1. The standard InChI is InChI=1S/C17H24F3N3O3/c1-4-13(11-23-16(21-2)22-9-8-15(24)25-3)26-14-7-5-6-12(10-14)17(18,19)20/h5-7,10,13H,4,8-9,11H2,1-3H3,(H2,21,22,23). The first kappa shape index (κ1) is 21.6. The molecule has 1 rings (SSSR count). The summed E-state index contributed by atoms with van der Waals surface area (Å²) in [4.78, 5) is 15.1. The molecule has 0 fully saturated rings. The van der Waals surface area contributed by atoms with E-state index < -0.39 is 11.7 Å². The lowest BCUT2D eigenvalue weighted by Crippen LogP contribution is -2.43. The summed E-state index contributed by atoms with van der Waals surface area (Å²) in [5.74, 6) is 0.273. The van der Waals surface area contributed by atoms with E-state index in [-0.39, 0.29) is 24.2 Å². The van der Waals surface area contributed by atoms with E-state index in [2.05, 4.69) is 20.4 Å². The van der Waals surface area contributed by atoms with Crippen molar-refractivity contribution in [2.45, 2.75) is 32.0 Å². The molecule has 0 aliphatic heterocycles. The van der Waals surface area contributed by atoms with Crippen molar-refractivity contribution in [1.29, 1.82) is 0 Å². The van der Waals surface area contributed by atoms with Gasteiger partial charge in [0.25, 0.3) is 0 Å². The second-order valence-electron chi connectivity index (χ2n) is 5.38. The lowest BCUT2D eigenvalue weighted by atomic mass is 10.2. The molecule has 0 aliphatic rings. The van der Waals surface area contributed by atoms with Crippen LogP contribution in [-0.2, 0) is 15.7 Å². The molecule has 0 bridgehead atoms. The number of hydrogen-bond donors (Lipinski definition) is 2. The van der Waals surface area contributed by atoms with E-state index in [1.807, 2.05) is 6.92 Å². The van der Waals surface area contributed by atoms with Crippen LogP contribution in [0.2, 0.25) is 0 Å². The maximum atomic E-state index is 12.8. The zero-order chi connectivity index (χ0) is 19.6. The van der Waals surface area contributed by atoms with E-state index in [4.69, 9.17) is 4.74 Å². The van der Waals surface area contributed by atoms with Gasteiger partial charge < -0.3 is 20.1 Å². The van der Waals surface area contributed by atoms with Crippen LogP contribution in [-0.4, -0.2) is 45.3 Å². The van der Waals surface area contributed by atoms with Crippen molar-refractivity contribution in [3.8, 4) is 5.75 Å². The molecule has 2 N–H and O–H groups in total. The highest BCUT2D eigenvalue weighted by atomic mass is 19.4. The van der Waals surface area contributed by atoms with Crippen LogP contribution in [0.4, 0.5) is 13.2 Å². The van der Waals surface area contributed by atoms with E-state index in [1.54, 1.807) is 7.05 Å². The van der Waals surface area contributed by atoms with Crippen LogP contribution in [0.5, 0.6) is 5.75 Å². The number of rotatable bonds is 8. The monoisotopic (exact) mass is 375 g/mol. The zero-order valence-corrected chi connectivity index (χ0v) is 15.0. The smallest absolute Gasteiger partial charge is 0.416 e. The molecule has 6 nitrogen and oxygen atoms in total. The number of benzene rings is 1. The van der Waals surface area contributed by atoms with Gasteiger partial charge in [0, 0.05) is 13.6 Å². The third kappa shape index (κ3) is 7.62. The van der Waals surface area contributed by atoms with Gasteiger partial charge in [0.15, 0.2) is 5.96 Å². The van der Waals surface area contributed by atoms with Crippen molar-refractivity contribution in [2.24, 2.45) is 4.99 Å². The fourth-order valence-electron chi connectivity index (χ4n) is 2.02. The Kier molecular flexibility index (Phi) is 8.74. The van der Waals surface area contributed by atoms with Gasteiger partial charge in [-0.3, -0.25) is 9.79 Å². The van der Waals surface area contributed by atoms with Gasteiger partial charge >= 0.3 is 12.1 Å². The highest BCUT2D eigenvalue weighted by molar-refractivity contribution is 5.80. The molecule has 0 radical (unpaired) electrons. The van der Waals surface area contributed by atoms with Gasteiger partial charge in [0.2, 0.25) is 0 Å². The maximum absolute atomic E-state index is 12.8. The van der Waals surface area contributed by atoms with E-state index >= 15 is 0 Å². The predicted octanol–water partition coefficient (Wildman–Crippen LogP) is 2.59. The van der Waals surface area contributed by atoms with Crippen LogP contribution in [0.3, 0.4) is 0 Å². The van der Waals surface area contributed by atoms with Crippen molar-refractivity contribution < 1.29 is 27.4 Å². The number of carbonyl (C=O) groups is 1. The summed E-state index contributed by atoms with van der Waals surface area (Å²) in [6.07, 6.45) is -3.99. The normalized spacial score (nSPS) is 13.1. The quantitative estimate of drug-likeness (QED) is 0.415. The number of carbonyl (C=O) groups excluding carboxylic acids is 1. The molecule has 1 aromatic carbocycles. The Labute approximate surface area is 150 Å². The third-order valence-electron chi connectivity index (χ3n) is 3.49. The van der Waals surface area contributed by atoms with Crippen molar-refractivity contribution in [2.75, 3.05) is 27.2 Å². The van der Waals surface area contributed by atoms with Gasteiger partial charge in [-0.05, 0) is 24.6 Å². The second-order valence-corrected chi connectivity index (χ2v) is 5.38. The van der Waals surface area contributed by atoms with Gasteiger partial charge in [-0.1, -0.05) is 13.0 Å². The molecule has 1 unspecified atom stereocenters. The van der Waals surface area contributed by atoms with Crippen molar-refractivity contribution in [3.63, 3.8) is 0 Å². The average Bonchev–Trinajstić information content (AvgIpc) is 2.62. The van der Waals surface area contributed by atoms with Crippen LogP contribution in [0.15, 0.2) is 29.3 Å². The van der Waals surface area contributed by atoms with E-state index in [0.29, 0.717) is 25.5 Å². The van der Waals surface area contributed by atoms with Crippen LogP contribution < -0.4 is 15.4 Å². The summed E-state index contributed by atoms with van der Waals surface area (Å²) in [5, 5.41) is 5.96. The van der Waals surface area contributed by atoms with Gasteiger partial charge in [-0.25, -0.2) is 0 Å². The van der Waals surface area contributed by atoms with Crippen molar-refractivity contribution in [1.82, 2.24) is 10.6 Å². The first-order valence-corrected chi connectivity index (χ1v) is 8.15. The summed E-state index contributed by atoms with van der Waals surface area (Å²) in [5.41, 5.74) is -0.752. The number of hydrogen-bond acceptors (Lipinski definition) is 4. The zero-order valence-electron chi connectivity index (χ0n) is 15.0. The van der Waals surface area contributed by atoms with E-state index in [9.17, 15) is 18.0 Å². The SMILES string of the molecule is CCC(CNC(=NC)NCCC(=O)OC)Oc1cccc(C(F)(F)F)c1. The Morgan fingerprint density at radius 2 is 2.04 bits per heavy atom.